The number of nitrogens with zero attached hydrogens (tertiary/aromatic N) is 2. The van der Waals surface area contributed by atoms with Gasteiger partial charge in [0.1, 0.15) is 0 Å². The quantitative estimate of drug-likeness (QED) is 0.373. The summed E-state index contributed by atoms with van der Waals surface area (Å²) in [4.78, 5) is 20.0. The molecule has 3 N–H and O–H groups in total. The van der Waals surface area contributed by atoms with Crippen LogP contribution in [0.15, 0.2) is 23.7 Å². The molecule has 1 aromatic heterocycles. The van der Waals surface area contributed by atoms with Crippen LogP contribution in [0, 0.1) is 6.92 Å². The number of amides is 1. The molecule has 1 aromatic rings. The van der Waals surface area contributed by atoms with Crippen LogP contribution in [0.4, 0.5) is 5.69 Å². The summed E-state index contributed by atoms with van der Waals surface area (Å²) in [6.07, 6.45) is 6.84. The van der Waals surface area contributed by atoms with Gasteiger partial charge in [0.25, 0.3) is 0 Å². The highest BCUT2D eigenvalue weighted by Gasteiger charge is 2.12. The van der Waals surface area contributed by atoms with E-state index in [9.17, 15) is 4.79 Å². The largest absolute Gasteiger partial charge is 0.369 e. The number of guanidine groups is 1. The fourth-order valence-electron chi connectivity index (χ4n) is 2.35. The topological polar surface area (TPSA) is 80.4 Å². The van der Waals surface area contributed by atoms with Crippen molar-refractivity contribution in [1.82, 2.24) is 10.3 Å². The number of hydrogen-bond donors (Lipinski definition) is 2. The maximum absolute atomic E-state index is 11.2. The predicted molar refractivity (Wildman–Crippen MR) is 79.9 cm³/mol. The SMILES string of the molecule is C=CC(=O)NC(N)=Nc1cc2c(nc1C)CCCCC2. The molecule has 1 aliphatic carbocycles. The zero-order valence-electron chi connectivity index (χ0n) is 11.8. The van der Waals surface area contributed by atoms with E-state index in [1.807, 2.05) is 13.0 Å². The van der Waals surface area contributed by atoms with Gasteiger partial charge in [-0.15, -0.1) is 0 Å². The van der Waals surface area contributed by atoms with Crippen LogP contribution in [0.1, 0.15) is 36.2 Å². The second-order valence-electron chi connectivity index (χ2n) is 4.95. The number of nitrogens with one attached hydrogen (secondary N) is 1. The monoisotopic (exact) mass is 272 g/mol. The highest BCUT2D eigenvalue weighted by atomic mass is 16.1. The molecule has 0 unspecified atom stereocenters. The van der Waals surface area contributed by atoms with Crippen molar-refractivity contribution in [3.8, 4) is 0 Å². The minimum atomic E-state index is -0.369. The van der Waals surface area contributed by atoms with Gasteiger partial charge in [0, 0.05) is 5.69 Å². The minimum Gasteiger partial charge on any atom is -0.369 e. The third-order valence-electron chi connectivity index (χ3n) is 3.39. The van der Waals surface area contributed by atoms with Gasteiger partial charge in [0.05, 0.1) is 11.4 Å². The Labute approximate surface area is 119 Å². The van der Waals surface area contributed by atoms with E-state index in [2.05, 4.69) is 21.9 Å². The molecule has 0 saturated heterocycles. The number of aliphatic imine (C=N–C) groups is 1. The standard InChI is InChI=1S/C15H20N4O/c1-3-14(20)19-15(16)18-13-9-11-7-5-4-6-8-12(11)17-10(13)2/h3,9H,1,4-8H2,2H3,(H3,16,18,19,20). The Morgan fingerprint density at radius 3 is 2.95 bits per heavy atom. The summed E-state index contributed by atoms with van der Waals surface area (Å²) in [5, 5.41) is 2.44. The van der Waals surface area contributed by atoms with Gasteiger partial charge in [-0.3, -0.25) is 15.1 Å². The molecule has 0 aliphatic heterocycles. The van der Waals surface area contributed by atoms with Crippen LogP contribution in [0.3, 0.4) is 0 Å². The fourth-order valence-corrected chi connectivity index (χ4v) is 2.35. The van der Waals surface area contributed by atoms with Crippen LogP contribution in [-0.4, -0.2) is 16.9 Å². The summed E-state index contributed by atoms with van der Waals surface area (Å²) in [7, 11) is 0. The summed E-state index contributed by atoms with van der Waals surface area (Å²) in [5.74, 6) is -0.306. The van der Waals surface area contributed by atoms with E-state index in [0.717, 1.165) is 24.6 Å². The van der Waals surface area contributed by atoms with Gasteiger partial charge in [0.2, 0.25) is 11.9 Å². The Balaban J connectivity index is 2.28. The average Bonchev–Trinajstić information content (AvgIpc) is 2.64. The summed E-state index contributed by atoms with van der Waals surface area (Å²) in [6, 6.07) is 2.04. The van der Waals surface area contributed by atoms with Crippen LogP contribution in [0.2, 0.25) is 0 Å². The summed E-state index contributed by atoms with van der Waals surface area (Å²) in [6.45, 7) is 5.28. The van der Waals surface area contributed by atoms with Crippen molar-refractivity contribution >= 4 is 17.6 Å². The smallest absolute Gasteiger partial charge is 0.250 e. The van der Waals surface area contributed by atoms with Gasteiger partial charge < -0.3 is 5.73 Å². The number of aryl methyl sites for hydroxylation is 3. The Hall–Kier alpha value is -2.17. The van der Waals surface area contributed by atoms with E-state index < -0.39 is 0 Å². The van der Waals surface area contributed by atoms with Gasteiger partial charge >= 0.3 is 0 Å². The molecule has 5 nitrogen and oxygen atoms in total. The Bertz CT molecular complexity index is 563. The van der Waals surface area contributed by atoms with Crippen LogP contribution < -0.4 is 11.1 Å². The first-order valence-electron chi connectivity index (χ1n) is 6.87. The van der Waals surface area contributed by atoms with Crippen molar-refractivity contribution in [2.45, 2.75) is 39.0 Å². The molecule has 0 radical (unpaired) electrons. The minimum absolute atomic E-state index is 0.0633. The van der Waals surface area contributed by atoms with Gasteiger partial charge in [-0.25, -0.2) is 4.99 Å². The van der Waals surface area contributed by atoms with E-state index in [0.29, 0.717) is 5.69 Å². The van der Waals surface area contributed by atoms with Crippen molar-refractivity contribution in [3.63, 3.8) is 0 Å². The van der Waals surface area contributed by atoms with Crippen LogP contribution >= 0.6 is 0 Å². The molecule has 0 fully saturated rings. The van der Waals surface area contributed by atoms with Crippen molar-refractivity contribution in [1.29, 1.82) is 0 Å². The maximum Gasteiger partial charge on any atom is 0.250 e. The molecule has 2 rings (SSSR count). The molecular formula is C15H20N4O. The third kappa shape index (κ3) is 3.44. The van der Waals surface area contributed by atoms with E-state index in [1.54, 1.807) is 0 Å². The number of nitrogens with two attached hydrogens (primary N) is 1. The number of pyridine rings is 1. The fraction of sp³-hybridized carbons (Fsp3) is 0.400. The zero-order valence-corrected chi connectivity index (χ0v) is 11.8. The van der Waals surface area contributed by atoms with E-state index in [4.69, 9.17) is 5.73 Å². The van der Waals surface area contributed by atoms with Gasteiger partial charge in [0.15, 0.2) is 0 Å². The zero-order chi connectivity index (χ0) is 14.5. The van der Waals surface area contributed by atoms with Gasteiger partial charge in [-0.05, 0) is 50.3 Å². The van der Waals surface area contributed by atoms with E-state index in [-0.39, 0.29) is 11.9 Å². The number of aromatic nitrogens is 1. The Kier molecular flexibility index (Phi) is 4.50. The molecule has 0 bridgehead atoms. The molecule has 1 aliphatic rings. The lowest BCUT2D eigenvalue weighted by Gasteiger charge is -2.09. The first kappa shape index (κ1) is 14.2. The maximum atomic E-state index is 11.2. The second kappa shape index (κ2) is 6.32. The molecule has 0 atom stereocenters. The number of fused-ring (bicyclic) bond motifs is 1. The molecule has 0 aromatic carbocycles. The lowest BCUT2D eigenvalue weighted by molar-refractivity contribution is -0.115. The summed E-state index contributed by atoms with van der Waals surface area (Å²) >= 11 is 0. The number of hydrogen-bond acceptors (Lipinski definition) is 3. The lowest BCUT2D eigenvalue weighted by Crippen LogP contribution is -2.35. The molecule has 0 saturated carbocycles. The Morgan fingerprint density at radius 2 is 2.20 bits per heavy atom. The average molecular weight is 272 g/mol. The van der Waals surface area contributed by atoms with E-state index in [1.165, 1.54) is 30.5 Å². The first-order chi connectivity index (χ1) is 9.60. The molecule has 20 heavy (non-hydrogen) atoms. The highest BCUT2D eigenvalue weighted by molar-refractivity contribution is 6.02. The van der Waals surface area contributed by atoms with Gasteiger partial charge in [-0.1, -0.05) is 13.0 Å². The normalized spacial score (nSPS) is 15.2. The first-order valence-corrected chi connectivity index (χ1v) is 6.87. The molecule has 1 heterocycles. The lowest BCUT2D eigenvalue weighted by atomic mass is 10.1. The van der Waals surface area contributed by atoms with Crippen LogP contribution in [0.5, 0.6) is 0 Å². The van der Waals surface area contributed by atoms with E-state index >= 15 is 0 Å². The highest BCUT2D eigenvalue weighted by Crippen LogP contribution is 2.25. The molecule has 5 heteroatoms. The van der Waals surface area contributed by atoms with Crippen LogP contribution in [-0.2, 0) is 17.6 Å². The number of carbonyl (C=O) groups excluding carboxylic acids is 1. The summed E-state index contributed by atoms with van der Waals surface area (Å²) < 4.78 is 0. The van der Waals surface area contributed by atoms with Crippen molar-refractivity contribution in [2.24, 2.45) is 10.7 Å². The van der Waals surface area contributed by atoms with Gasteiger partial charge in [-0.2, -0.15) is 0 Å². The summed E-state index contributed by atoms with van der Waals surface area (Å²) in [5.41, 5.74) is 9.67. The second-order valence-corrected chi connectivity index (χ2v) is 4.95. The van der Waals surface area contributed by atoms with Crippen molar-refractivity contribution in [3.05, 3.63) is 35.7 Å². The number of carbonyl (C=O) groups is 1. The molecule has 0 spiro atoms. The molecule has 1 amide bonds. The van der Waals surface area contributed by atoms with Crippen molar-refractivity contribution < 1.29 is 4.79 Å². The molecule has 106 valence electrons. The van der Waals surface area contributed by atoms with Crippen LogP contribution in [0.25, 0.3) is 0 Å². The van der Waals surface area contributed by atoms with Crippen molar-refractivity contribution in [2.75, 3.05) is 0 Å². The third-order valence-corrected chi connectivity index (χ3v) is 3.39. The molecular weight excluding hydrogens is 252 g/mol. The number of rotatable bonds is 2. The Morgan fingerprint density at radius 1 is 1.45 bits per heavy atom. The predicted octanol–water partition coefficient (Wildman–Crippen LogP) is 1.91.